The second-order valence-corrected chi connectivity index (χ2v) is 33.9. The Kier molecular flexibility index (Phi) is 23.1. The van der Waals surface area contributed by atoms with Crippen molar-refractivity contribution in [3.05, 3.63) is 86.0 Å². The lowest BCUT2D eigenvalue weighted by Crippen LogP contribution is -2.49. The fraction of sp³-hybridized carbons (Fsp3) is 0.673. The van der Waals surface area contributed by atoms with E-state index in [-0.39, 0.29) is 81.9 Å². The van der Waals surface area contributed by atoms with Crippen LogP contribution in [-0.4, -0.2) is 139 Å². The topological polar surface area (TPSA) is 164 Å². The van der Waals surface area contributed by atoms with E-state index in [0.29, 0.717) is 30.8 Å². The Morgan fingerprint density at radius 2 is 1.11 bits per heavy atom. The molecule has 66 heavy (non-hydrogen) atoms. The third-order valence-corrected chi connectivity index (χ3v) is 26.2. The molecule has 2 saturated heterocycles. The zero-order valence-corrected chi connectivity index (χ0v) is 45.3. The molecule has 2 aromatic carbocycles. The second kappa shape index (κ2) is 26.2. The first kappa shape index (κ1) is 58.2. The number of alkyl halides is 1. The molecule has 2 N–H and O–H groups in total. The second-order valence-electron chi connectivity index (χ2n) is 20.3. The quantitative estimate of drug-likeness (QED) is 0.0852. The van der Waals surface area contributed by atoms with Crippen LogP contribution in [0.4, 0.5) is 4.39 Å². The van der Waals surface area contributed by atoms with Gasteiger partial charge in [0.15, 0.2) is 36.3 Å². The fourth-order valence-electron chi connectivity index (χ4n) is 7.82. The predicted molar refractivity (Wildman–Crippen MR) is 267 cm³/mol. The Morgan fingerprint density at radius 1 is 0.727 bits per heavy atom. The van der Waals surface area contributed by atoms with Crippen LogP contribution in [0.1, 0.15) is 68.6 Å². The van der Waals surface area contributed by atoms with Crippen LogP contribution in [0.15, 0.2) is 95.8 Å². The van der Waals surface area contributed by atoms with Crippen LogP contribution in [0.3, 0.4) is 0 Å². The molecule has 2 fully saturated rings. The number of hydrogen-bond donors (Lipinski definition) is 2. The number of rotatable bonds is 22. The number of sulfone groups is 2. The average Bonchev–Trinajstić information content (AvgIpc) is 3.73. The molecule has 2 heterocycles. The molecule has 0 bridgehead atoms. The van der Waals surface area contributed by atoms with Crippen LogP contribution in [-0.2, 0) is 47.5 Å². The Balaban J connectivity index is 0.000000471. The highest BCUT2D eigenvalue weighted by atomic mass is 32.2. The largest absolute Gasteiger partial charge is 0.414 e. The van der Waals surface area contributed by atoms with E-state index < -0.39 is 61.8 Å². The molecule has 378 valence electrons. The van der Waals surface area contributed by atoms with Gasteiger partial charge in [-0.2, -0.15) is 0 Å². The van der Waals surface area contributed by atoms with E-state index in [1.807, 2.05) is 6.07 Å². The van der Waals surface area contributed by atoms with Crippen molar-refractivity contribution in [2.45, 2.75) is 162 Å². The molecule has 12 nitrogen and oxygen atoms in total. The fourth-order valence-corrected chi connectivity index (χ4v) is 13.6. The molecular weight excluding hydrogens is 920 g/mol. The van der Waals surface area contributed by atoms with Crippen molar-refractivity contribution < 1.29 is 60.6 Å². The number of aliphatic hydroxyl groups excluding tert-OH is 2. The number of halogens is 1. The molecule has 0 spiro atoms. The summed E-state index contributed by atoms with van der Waals surface area (Å²) in [5.41, 5.74) is 0. The minimum absolute atomic E-state index is 0.0388. The van der Waals surface area contributed by atoms with Crippen molar-refractivity contribution in [3.8, 4) is 0 Å². The van der Waals surface area contributed by atoms with Crippen molar-refractivity contribution in [3.63, 3.8) is 0 Å². The minimum atomic E-state index is -3.52. The molecule has 0 amide bonds. The summed E-state index contributed by atoms with van der Waals surface area (Å²) in [6.07, 6.45) is 1.85. The van der Waals surface area contributed by atoms with Crippen molar-refractivity contribution in [2.75, 3.05) is 46.1 Å². The molecule has 0 aliphatic carbocycles. The molecule has 10 atom stereocenters. The summed E-state index contributed by atoms with van der Waals surface area (Å²) in [5, 5.41) is 18.9. The Hall–Kier alpha value is -2.14. The van der Waals surface area contributed by atoms with E-state index >= 15 is 0 Å². The van der Waals surface area contributed by atoms with Gasteiger partial charge >= 0.3 is 0 Å². The third-order valence-electron chi connectivity index (χ3n) is 13.5. The van der Waals surface area contributed by atoms with E-state index in [4.69, 9.17) is 34.3 Å². The van der Waals surface area contributed by atoms with Crippen molar-refractivity contribution >= 4 is 36.3 Å². The zero-order chi connectivity index (χ0) is 51.0. The van der Waals surface area contributed by atoms with Crippen molar-refractivity contribution in [1.82, 2.24) is 0 Å². The highest BCUT2D eigenvalue weighted by Gasteiger charge is 2.49. The summed E-state index contributed by atoms with van der Waals surface area (Å²) < 4.78 is 105. The molecule has 0 unspecified atom stereocenters. The van der Waals surface area contributed by atoms with Crippen molar-refractivity contribution in [2.24, 2.45) is 11.8 Å². The minimum Gasteiger partial charge on any atom is -0.414 e. The van der Waals surface area contributed by atoms with Gasteiger partial charge in [0.25, 0.3) is 0 Å². The number of hydrogen-bond acceptors (Lipinski definition) is 12. The van der Waals surface area contributed by atoms with E-state index in [1.165, 1.54) is 7.11 Å². The maximum Gasteiger partial charge on any atom is 0.192 e. The smallest absolute Gasteiger partial charge is 0.192 e. The molecule has 2 aliphatic heterocycles. The summed E-state index contributed by atoms with van der Waals surface area (Å²) in [6, 6.07) is 16.9. The van der Waals surface area contributed by atoms with Gasteiger partial charge in [0.2, 0.25) is 0 Å². The highest BCUT2D eigenvalue weighted by molar-refractivity contribution is 7.91. The number of methoxy groups -OCH3 is 2. The van der Waals surface area contributed by atoms with Gasteiger partial charge in [-0.15, -0.1) is 13.2 Å². The van der Waals surface area contributed by atoms with Gasteiger partial charge in [-0.3, -0.25) is 4.39 Å². The molecule has 17 heteroatoms. The Morgan fingerprint density at radius 3 is 1.44 bits per heavy atom. The van der Waals surface area contributed by atoms with Crippen LogP contribution >= 0.6 is 0 Å². The lowest BCUT2D eigenvalue weighted by atomic mass is 9.94. The Bertz CT molecular complexity index is 1980. The number of aliphatic hydroxyl groups is 2. The number of ether oxygens (including phenoxy) is 4. The monoisotopic (exact) mass is 1000 g/mol. The molecular formula is C49H83FO12S2Si2. The lowest BCUT2D eigenvalue weighted by Gasteiger charge is -2.42. The van der Waals surface area contributed by atoms with Crippen LogP contribution in [0.2, 0.25) is 36.3 Å². The summed E-state index contributed by atoms with van der Waals surface area (Å²) in [7, 11) is -9.00. The summed E-state index contributed by atoms with van der Waals surface area (Å²) >= 11 is 0. The Labute approximate surface area is 401 Å². The van der Waals surface area contributed by atoms with Crippen LogP contribution in [0.25, 0.3) is 0 Å². The summed E-state index contributed by atoms with van der Waals surface area (Å²) in [4.78, 5) is 0.587. The van der Waals surface area contributed by atoms with Crippen LogP contribution in [0.5, 0.6) is 0 Å². The first-order chi connectivity index (χ1) is 31.1. The maximum atomic E-state index is 13.4. The van der Waals surface area contributed by atoms with Gasteiger partial charge in [-0.05, 0) is 73.4 Å². The molecule has 0 saturated carbocycles. The third kappa shape index (κ3) is 16.8. The zero-order valence-electron chi connectivity index (χ0n) is 42.7. The van der Waals surface area contributed by atoms with Gasteiger partial charge in [-0.25, -0.2) is 16.8 Å². The van der Waals surface area contributed by atoms with Gasteiger partial charge < -0.3 is 38.0 Å². The first-order valence-corrected chi connectivity index (χ1v) is 31.8. The maximum absolute atomic E-state index is 13.4. The van der Waals surface area contributed by atoms with Crippen LogP contribution in [0, 0.1) is 11.8 Å². The molecule has 2 aromatic rings. The molecule has 2 aliphatic rings. The van der Waals surface area contributed by atoms with Crippen LogP contribution < -0.4 is 0 Å². The molecule has 4 rings (SSSR count). The normalized spacial score (nSPS) is 25.1. The number of benzene rings is 2. The first-order valence-electron chi connectivity index (χ1n) is 23.4. The van der Waals surface area contributed by atoms with E-state index in [1.54, 1.807) is 73.9 Å². The van der Waals surface area contributed by atoms with Gasteiger partial charge in [0, 0.05) is 38.9 Å². The average molecular weight is 1000 g/mol. The van der Waals surface area contributed by atoms with Gasteiger partial charge in [-0.1, -0.05) is 90.1 Å². The van der Waals surface area contributed by atoms with Crippen molar-refractivity contribution in [1.29, 1.82) is 0 Å². The summed E-state index contributed by atoms with van der Waals surface area (Å²) in [5.74, 6) is -0.861. The molecule has 0 radical (unpaired) electrons. The summed E-state index contributed by atoms with van der Waals surface area (Å²) in [6.45, 7) is 30.2. The SMILES string of the molecule is C=CC[C@@H]1O[C@H](C[C@@H](CO[Si](C)(C)C(C)(C)C)O[Si](C)(C)C(C)(C)C)[C@H](OC)[C@H]1CS(=O)(=O)c1ccccc1.C=CC[C@@H]1O[C@H](C[C@H](O)CO)[C@H](OC)[C@H]1CS(=O)(=O)c1ccccc1.[2H]CF. The van der Waals surface area contributed by atoms with Gasteiger partial charge in [0.05, 0.1) is 91.9 Å². The molecule has 0 aromatic heterocycles. The van der Waals surface area contributed by atoms with Gasteiger partial charge in [0.1, 0.15) is 0 Å². The van der Waals surface area contributed by atoms with E-state index in [0.717, 1.165) is 0 Å². The van der Waals surface area contributed by atoms with E-state index in [2.05, 4.69) is 80.9 Å². The highest BCUT2D eigenvalue weighted by Crippen LogP contribution is 2.42. The van der Waals surface area contributed by atoms with E-state index in [9.17, 15) is 26.3 Å². The lowest BCUT2D eigenvalue weighted by molar-refractivity contribution is -0.0394. The predicted octanol–water partition coefficient (Wildman–Crippen LogP) is 9.00. The standard InChI is InChI=1S/C30H54O6SSi2.C18H26O6S.CH3F/c1-13-17-26-25(22-37(31,32)24-18-15-14-16-19-24)28(33-8)27(35-26)20-23(36-39(11,12)30(5,6)7)21-34-38(9,10)29(2,3)4;1-3-7-16-15(12-25(21,22)14-8-5-4-6-9-14)18(23-2)17(24-16)10-13(20)11-19;1-2/h13-16,18-19,23,25-28H,1,17,20-22H2,2-12H3;3-6,8-9,13,15-20H,1,7,10-12H2,2H3;1H3/t23-,25-,26-,27+,28+;13-,15-,16-,17+,18+;/m00./s1/i;;1D.